The Morgan fingerprint density at radius 2 is 1.97 bits per heavy atom. The van der Waals surface area contributed by atoms with Gasteiger partial charge >= 0.3 is 0 Å². The van der Waals surface area contributed by atoms with Crippen molar-refractivity contribution in [3.63, 3.8) is 0 Å². The molecule has 8 nitrogen and oxygen atoms in total. The molecule has 31 heavy (non-hydrogen) atoms. The van der Waals surface area contributed by atoms with Crippen molar-refractivity contribution in [1.29, 1.82) is 0 Å². The summed E-state index contributed by atoms with van der Waals surface area (Å²) >= 11 is 1.56. The Morgan fingerprint density at radius 3 is 2.74 bits per heavy atom. The van der Waals surface area contributed by atoms with Crippen LogP contribution in [0.4, 0.5) is 5.82 Å². The quantitative estimate of drug-likeness (QED) is 0.527. The monoisotopic (exact) mass is 433 g/mol. The number of piperidine rings is 1. The number of hydrogen-bond acceptors (Lipinski definition) is 7. The molecule has 1 N–H and O–H groups in total. The van der Waals surface area contributed by atoms with Crippen LogP contribution in [0.3, 0.4) is 0 Å². The molecule has 1 fully saturated rings. The fraction of sp³-hybridized carbons (Fsp3) is 0.318. The summed E-state index contributed by atoms with van der Waals surface area (Å²) in [5, 5.41) is 19.4. The summed E-state index contributed by atoms with van der Waals surface area (Å²) in [5.74, 6) is 0.303. The lowest BCUT2D eigenvalue weighted by Crippen LogP contribution is -2.31. The number of likely N-dealkylation sites (tertiary alicyclic amines) is 1. The van der Waals surface area contributed by atoms with Crippen molar-refractivity contribution in [1.82, 2.24) is 29.9 Å². The fourth-order valence-corrected chi connectivity index (χ4v) is 4.55. The molecule has 3 aromatic heterocycles. The van der Waals surface area contributed by atoms with Crippen molar-refractivity contribution in [2.24, 2.45) is 0 Å². The van der Waals surface area contributed by atoms with E-state index in [9.17, 15) is 4.79 Å². The highest BCUT2D eigenvalue weighted by Crippen LogP contribution is 2.28. The van der Waals surface area contributed by atoms with E-state index in [0.717, 1.165) is 52.3 Å². The molecule has 1 aliphatic heterocycles. The van der Waals surface area contributed by atoms with Gasteiger partial charge in [0, 0.05) is 23.3 Å². The van der Waals surface area contributed by atoms with Gasteiger partial charge in [0.25, 0.3) is 5.91 Å². The maximum atomic E-state index is 12.8. The van der Waals surface area contributed by atoms with Crippen molar-refractivity contribution in [3.05, 3.63) is 53.4 Å². The van der Waals surface area contributed by atoms with Crippen molar-refractivity contribution in [2.75, 3.05) is 25.5 Å². The maximum absolute atomic E-state index is 12.8. The number of pyridine rings is 1. The molecule has 0 spiro atoms. The van der Waals surface area contributed by atoms with Gasteiger partial charge in [0.15, 0.2) is 0 Å². The molecule has 0 unspecified atom stereocenters. The summed E-state index contributed by atoms with van der Waals surface area (Å²) < 4.78 is 1.92. The summed E-state index contributed by atoms with van der Waals surface area (Å²) in [6.07, 6.45) is 7.32. The van der Waals surface area contributed by atoms with E-state index in [1.165, 1.54) is 0 Å². The second-order valence-electron chi connectivity index (χ2n) is 7.96. The average Bonchev–Trinajstić information content (AvgIpc) is 3.43. The van der Waals surface area contributed by atoms with Gasteiger partial charge in [-0.15, -0.1) is 10.2 Å². The Morgan fingerprint density at radius 1 is 1.13 bits per heavy atom. The summed E-state index contributed by atoms with van der Waals surface area (Å²) in [5.41, 5.74) is 1.54. The van der Waals surface area contributed by atoms with Crippen LogP contribution in [0.2, 0.25) is 0 Å². The largest absolute Gasteiger partial charge is 0.306 e. The molecule has 0 atom stereocenters. The molecule has 4 aromatic rings. The predicted molar refractivity (Wildman–Crippen MR) is 121 cm³/mol. The summed E-state index contributed by atoms with van der Waals surface area (Å²) in [7, 11) is 2.13. The maximum Gasteiger partial charge on any atom is 0.260 e. The molecular weight excluding hydrogens is 410 g/mol. The van der Waals surface area contributed by atoms with Gasteiger partial charge in [-0.3, -0.25) is 9.48 Å². The van der Waals surface area contributed by atoms with Crippen molar-refractivity contribution < 1.29 is 4.79 Å². The van der Waals surface area contributed by atoms with Gasteiger partial charge in [-0.2, -0.15) is 5.10 Å². The van der Waals surface area contributed by atoms with Gasteiger partial charge in [0.2, 0.25) is 0 Å². The number of nitrogens with one attached hydrogen (secondary N) is 1. The van der Waals surface area contributed by atoms with Crippen LogP contribution in [0.15, 0.2) is 42.9 Å². The lowest BCUT2D eigenvalue weighted by molar-refractivity contribution is 0.102. The Balaban J connectivity index is 1.33. The highest BCUT2D eigenvalue weighted by atomic mass is 32.1. The second-order valence-corrected chi connectivity index (χ2v) is 9.14. The number of fused-ring (bicyclic) bond motifs is 1. The van der Waals surface area contributed by atoms with Crippen LogP contribution in [-0.4, -0.2) is 55.9 Å². The van der Waals surface area contributed by atoms with E-state index in [2.05, 4.69) is 37.5 Å². The highest BCUT2D eigenvalue weighted by Gasteiger charge is 2.20. The highest BCUT2D eigenvalue weighted by molar-refractivity contribution is 7.14. The first-order chi connectivity index (χ1) is 15.0. The van der Waals surface area contributed by atoms with Gasteiger partial charge in [-0.25, -0.2) is 4.98 Å². The Labute approximate surface area is 183 Å². The Kier molecular flexibility index (Phi) is 5.21. The first kappa shape index (κ1) is 19.8. The first-order valence-corrected chi connectivity index (χ1v) is 11.1. The van der Waals surface area contributed by atoms with E-state index < -0.39 is 0 Å². The molecule has 0 saturated carbocycles. The normalized spacial score (nSPS) is 15.4. The topological polar surface area (TPSA) is 88.8 Å². The smallest absolute Gasteiger partial charge is 0.260 e. The van der Waals surface area contributed by atoms with Crippen molar-refractivity contribution in [2.45, 2.75) is 25.8 Å². The molecule has 0 aliphatic carbocycles. The summed E-state index contributed by atoms with van der Waals surface area (Å²) in [6, 6.07) is 8.29. The van der Waals surface area contributed by atoms with Crippen LogP contribution < -0.4 is 5.32 Å². The molecule has 9 heteroatoms. The minimum atomic E-state index is -0.207. The van der Waals surface area contributed by atoms with E-state index in [1.807, 2.05) is 42.1 Å². The third kappa shape index (κ3) is 4.19. The van der Waals surface area contributed by atoms with Crippen LogP contribution in [0, 0.1) is 6.92 Å². The molecule has 0 radical (unpaired) electrons. The molecule has 5 rings (SSSR count). The average molecular weight is 434 g/mol. The number of carbonyl (C=O) groups is 1. The number of aryl methyl sites for hydroxylation is 1. The molecule has 1 saturated heterocycles. The number of rotatable bonds is 4. The lowest BCUT2D eigenvalue weighted by Gasteiger charge is -2.28. The second kappa shape index (κ2) is 8.16. The number of carbonyl (C=O) groups excluding carboxylic acids is 1. The number of benzene rings is 1. The Bertz CT molecular complexity index is 1240. The molecule has 1 amide bonds. The van der Waals surface area contributed by atoms with Crippen LogP contribution in [0.25, 0.3) is 21.3 Å². The van der Waals surface area contributed by atoms with E-state index in [4.69, 9.17) is 0 Å². The Hall–Kier alpha value is -3.17. The minimum absolute atomic E-state index is 0.207. The third-order valence-corrected chi connectivity index (χ3v) is 6.55. The molecule has 4 heterocycles. The van der Waals surface area contributed by atoms with E-state index in [0.29, 0.717) is 17.4 Å². The molecule has 0 bridgehead atoms. The van der Waals surface area contributed by atoms with Crippen LogP contribution in [0.5, 0.6) is 0 Å². The van der Waals surface area contributed by atoms with Gasteiger partial charge in [-0.05, 0) is 57.4 Å². The zero-order chi connectivity index (χ0) is 21.4. The van der Waals surface area contributed by atoms with Crippen LogP contribution in [-0.2, 0) is 0 Å². The summed E-state index contributed by atoms with van der Waals surface area (Å²) in [6.45, 7) is 4.03. The van der Waals surface area contributed by atoms with Crippen molar-refractivity contribution in [3.8, 4) is 10.6 Å². The summed E-state index contributed by atoms with van der Waals surface area (Å²) in [4.78, 5) is 19.5. The van der Waals surface area contributed by atoms with Crippen LogP contribution >= 0.6 is 11.3 Å². The molecular formula is C22H23N7OS. The zero-order valence-electron chi connectivity index (χ0n) is 17.4. The number of aromatic nitrogens is 5. The predicted octanol–water partition coefficient (Wildman–Crippen LogP) is 3.78. The van der Waals surface area contributed by atoms with Gasteiger partial charge in [0.1, 0.15) is 15.8 Å². The number of hydrogen-bond donors (Lipinski definition) is 1. The van der Waals surface area contributed by atoms with Crippen molar-refractivity contribution >= 4 is 33.8 Å². The minimum Gasteiger partial charge on any atom is -0.306 e. The lowest BCUT2D eigenvalue weighted by atomic mass is 10.1. The van der Waals surface area contributed by atoms with E-state index >= 15 is 0 Å². The van der Waals surface area contributed by atoms with Gasteiger partial charge in [-0.1, -0.05) is 23.5 Å². The van der Waals surface area contributed by atoms with E-state index in [1.54, 1.807) is 23.7 Å². The fourth-order valence-electron chi connectivity index (χ4n) is 3.86. The third-order valence-electron chi connectivity index (χ3n) is 5.66. The number of amides is 1. The SMILES string of the molecule is Cc1nnc(-c2ccc3cnc(NC(=O)c4cnn(C5CCN(C)CC5)c4)cc3c2)s1. The molecule has 1 aliphatic rings. The first-order valence-electron chi connectivity index (χ1n) is 10.3. The standard InChI is InChI=1S/C22H23N7OS/c1-14-26-27-22(31-14)15-3-4-16-11-23-20(10-17(16)9-15)25-21(30)18-12-24-29(13-18)19-5-7-28(2)8-6-19/h3-4,9-13,19H,5-8H2,1-2H3,(H,23,25,30). The molecule has 1 aromatic carbocycles. The van der Waals surface area contributed by atoms with Gasteiger partial charge < -0.3 is 10.2 Å². The van der Waals surface area contributed by atoms with Gasteiger partial charge in [0.05, 0.1) is 17.8 Å². The van der Waals surface area contributed by atoms with Crippen LogP contribution in [0.1, 0.15) is 34.2 Å². The number of nitrogens with zero attached hydrogens (tertiary/aromatic N) is 6. The zero-order valence-corrected chi connectivity index (χ0v) is 18.3. The number of anilines is 1. The van der Waals surface area contributed by atoms with E-state index in [-0.39, 0.29) is 5.91 Å². The molecule has 158 valence electrons.